The molecule has 0 spiro atoms. The SMILES string of the molecule is CCc1cc(OC)ccc1-c1ccc(C[C@H](NC(=O)[C@H](CC(=O)O)NC(=O)[C@H](CO)NC(=O)[C@@H](NC(=O)[C@](C)(Cc2ccccc2F)NC(=O)[C@@H](NC(=O)CNC(=O)[C@H](CCC(=O)O)NC(=O)C(C)(C)NC(=O)[C@@H](N)Cc2c[nH]cn2)[C@@H](C)O)[C@@H](C)O)C(=O)N[C@@H](CCOc2ccccc2)C(N)=O)cc1. The van der Waals surface area contributed by atoms with Crippen LogP contribution >= 0.6 is 0 Å². The molecule has 0 radical (unpaired) electrons. The fourth-order valence-electron chi connectivity index (χ4n) is 10.5. The van der Waals surface area contributed by atoms with Crippen molar-refractivity contribution in [3.05, 3.63) is 138 Å². The average molecular weight is 1470 g/mol. The molecule has 11 amide bonds. The van der Waals surface area contributed by atoms with Crippen LogP contribution in [0.2, 0.25) is 0 Å². The third kappa shape index (κ3) is 26.1. The number of aromatic nitrogens is 2. The Morgan fingerprint density at radius 3 is 1.82 bits per heavy atom. The van der Waals surface area contributed by atoms with E-state index in [2.05, 4.69) is 63.1 Å². The number of hydrogen-bond donors (Lipinski definition) is 18. The summed E-state index contributed by atoms with van der Waals surface area (Å²) in [6, 6.07) is 11.6. The number of carboxylic acid groups (broad SMARTS) is 2. The Bertz CT molecular complexity index is 3860. The van der Waals surface area contributed by atoms with Crippen molar-refractivity contribution in [1.82, 2.24) is 63.1 Å². The molecule has 1 aromatic heterocycles. The first kappa shape index (κ1) is 84.2. The van der Waals surface area contributed by atoms with Crippen molar-refractivity contribution in [1.29, 1.82) is 0 Å². The number of amides is 11. The molecule has 0 bridgehead atoms. The predicted molar refractivity (Wildman–Crippen MR) is 372 cm³/mol. The number of nitrogens with two attached hydrogens (primary N) is 2. The first-order valence-corrected chi connectivity index (χ1v) is 33.2. The van der Waals surface area contributed by atoms with Crippen LogP contribution in [0.15, 0.2) is 110 Å². The second-order valence-corrected chi connectivity index (χ2v) is 25.4. The number of nitrogens with one attached hydrogen (secondary N) is 11. The van der Waals surface area contributed by atoms with Gasteiger partial charge in [-0.3, -0.25) is 62.3 Å². The Morgan fingerprint density at radius 1 is 0.619 bits per heavy atom. The average Bonchev–Trinajstić information content (AvgIpc) is 1.08. The zero-order valence-electron chi connectivity index (χ0n) is 58.8. The lowest BCUT2D eigenvalue weighted by molar-refractivity contribution is -0.142. The fourth-order valence-corrected chi connectivity index (χ4v) is 10.5. The molecule has 0 unspecified atom stereocenters. The van der Waals surface area contributed by atoms with Gasteiger partial charge in [-0.25, -0.2) is 9.37 Å². The van der Waals surface area contributed by atoms with E-state index in [1.165, 1.54) is 44.6 Å². The van der Waals surface area contributed by atoms with E-state index in [0.717, 1.165) is 43.5 Å². The normalized spacial score (nSPS) is 14.6. The van der Waals surface area contributed by atoms with Crippen LogP contribution in [0.3, 0.4) is 0 Å². The van der Waals surface area contributed by atoms with E-state index in [1.54, 1.807) is 67.8 Å². The molecular weight excluding hydrogens is 1380 g/mol. The summed E-state index contributed by atoms with van der Waals surface area (Å²) in [6.45, 7) is 5.19. The van der Waals surface area contributed by atoms with Crippen LogP contribution in [0.5, 0.6) is 11.5 Å². The van der Waals surface area contributed by atoms with Crippen LogP contribution < -0.4 is 74.1 Å². The summed E-state index contributed by atoms with van der Waals surface area (Å²) in [4.78, 5) is 183. The number of rotatable bonds is 42. The Balaban J connectivity index is 1.32. The van der Waals surface area contributed by atoms with Gasteiger partial charge < -0.3 is 105 Å². The van der Waals surface area contributed by atoms with Gasteiger partial charge >= 0.3 is 11.9 Å². The number of carbonyl (C=O) groups is 13. The Kier molecular flexibility index (Phi) is 32.0. The number of aliphatic carboxylic acids is 2. The number of aryl methyl sites for hydroxylation is 1. The van der Waals surface area contributed by atoms with E-state index in [-0.39, 0.29) is 31.4 Å². The Labute approximate surface area is 602 Å². The summed E-state index contributed by atoms with van der Waals surface area (Å²) in [5.74, 6) is -15.7. The van der Waals surface area contributed by atoms with E-state index in [9.17, 15) is 87.9 Å². The number of imidazole rings is 1. The molecule has 568 valence electrons. The fraction of sp³-hybridized carbons (Fsp3) is 0.429. The lowest BCUT2D eigenvalue weighted by atomic mass is 9.90. The van der Waals surface area contributed by atoms with Crippen LogP contribution in [0.4, 0.5) is 4.39 Å². The van der Waals surface area contributed by atoms with Gasteiger partial charge in [-0.05, 0) is 106 Å². The number of ether oxygens (including phenoxy) is 2. The van der Waals surface area contributed by atoms with E-state index in [0.29, 0.717) is 29.2 Å². The minimum Gasteiger partial charge on any atom is -0.497 e. The number of aromatic amines is 1. The van der Waals surface area contributed by atoms with Gasteiger partial charge in [-0.15, -0.1) is 0 Å². The molecule has 0 saturated carbocycles. The molecule has 20 N–H and O–H groups in total. The molecule has 34 nitrogen and oxygen atoms in total. The lowest BCUT2D eigenvalue weighted by Gasteiger charge is -2.34. The number of nitrogens with zero attached hydrogens (tertiary/aromatic N) is 1. The molecule has 5 aromatic rings. The van der Waals surface area contributed by atoms with Gasteiger partial charge in [0.05, 0.1) is 63.6 Å². The number of H-pyrrole nitrogens is 1. The second kappa shape index (κ2) is 39.8. The number of benzene rings is 4. The summed E-state index contributed by atoms with van der Waals surface area (Å²) in [7, 11) is 1.54. The van der Waals surface area contributed by atoms with Gasteiger partial charge in [0.25, 0.3) is 0 Å². The quantitative estimate of drug-likeness (QED) is 0.0192. The number of carbonyl (C=O) groups excluding carboxylic acids is 11. The van der Waals surface area contributed by atoms with Crippen LogP contribution in [0, 0.1) is 5.82 Å². The third-order valence-electron chi connectivity index (χ3n) is 16.5. The van der Waals surface area contributed by atoms with E-state index in [1.807, 2.05) is 19.1 Å². The zero-order chi connectivity index (χ0) is 77.9. The maximum Gasteiger partial charge on any atom is 0.305 e. The van der Waals surface area contributed by atoms with Crippen LogP contribution in [-0.2, 0) is 88.0 Å². The lowest BCUT2D eigenvalue weighted by Crippen LogP contribution is -2.67. The predicted octanol–water partition coefficient (Wildman–Crippen LogP) is -2.53. The highest BCUT2D eigenvalue weighted by Crippen LogP contribution is 2.29. The standard InChI is InChI=1S/C70H91FN14O20/c1-8-40-29-45(104-7)22-23-46(40)41-20-18-39(19-21-41)28-51(62(97)77-49(59(73)94)26-27-105-44-15-10-9-11-16-44)78-63(98)52(31-56(92)93)79-64(99)53(35-86)80-65(100)57(37(2)87)83-68(103)70(6,32-42-14-12-13-17-47(42)71)85-66(101)58(38(3)88)82-54(89)34-75-61(96)50(24-25-55(90)91)81-67(102)69(4,5)84-60(95)48(72)30-43-33-74-36-76-43/h9-23,29,33,36-38,48-53,57-58,86-88H,8,24-28,30-32,34-35,72H2,1-7H3,(H2,73,94)(H,74,76)(H,75,96)(H,77,97)(H,78,98)(H,79,99)(H,80,100)(H,81,102)(H,82,89)(H,83,103)(H,84,95)(H,85,101)(H,90,91)(H,92,93)/t37-,38-,48+,49+,50+,51+,52+,53+,57+,58+,70+/m1/s1. The highest BCUT2D eigenvalue weighted by atomic mass is 19.1. The monoisotopic (exact) mass is 1470 g/mol. The van der Waals surface area contributed by atoms with Crippen molar-refractivity contribution < 1.29 is 102 Å². The highest BCUT2D eigenvalue weighted by Gasteiger charge is 2.43. The summed E-state index contributed by atoms with van der Waals surface area (Å²) in [5.41, 5.74) is 10.8. The van der Waals surface area contributed by atoms with Crippen molar-refractivity contribution in [2.45, 2.75) is 165 Å². The topological polar surface area (TPSA) is 543 Å². The number of aliphatic hydroxyl groups is 3. The summed E-state index contributed by atoms with van der Waals surface area (Å²) in [6.07, 6.45) is -3.80. The van der Waals surface area contributed by atoms with Crippen molar-refractivity contribution in [2.75, 3.05) is 26.9 Å². The van der Waals surface area contributed by atoms with Crippen LogP contribution in [0.25, 0.3) is 11.1 Å². The summed E-state index contributed by atoms with van der Waals surface area (Å²) < 4.78 is 26.5. The summed E-state index contributed by atoms with van der Waals surface area (Å²) >= 11 is 0. The number of hydrogen-bond acceptors (Lipinski definition) is 20. The molecule has 0 aliphatic rings. The van der Waals surface area contributed by atoms with E-state index >= 15 is 4.39 Å². The molecule has 4 aromatic carbocycles. The number of primary amides is 1. The molecule has 11 atom stereocenters. The smallest absolute Gasteiger partial charge is 0.305 e. The highest BCUT2D eigenvalue weighted by molar-refractivity contribution is 6.01. The first-order valence-electron chi connectivity index (χ1n) is 33.2. The number of para-hydroxylation sites is 1. The van der Waals surface area contributed by atoms with Crippen molar-refractivity contribution >= 4 is 76.9 Å². The number of halogens is 1. The molecule has 35 heteroatoms. The first-order chi connectivity index (χ1) is 49.6. The van der Waals surface area contributed by atoms with Crippen LogP contribution in [-0.4, -0.2) is 211 Å². The maximum atomic E-state index is 15.5. The molecule has 0 aliphatic heterocycles. The van der Waals surface area contributed by atoms with E-state index in [4.69, 9.17) is 20.9 Å². The molecule has 0 fully saturated rings. The largest absolute Gasteiger partial charge is 0.497 e. The summed E-state index contributed by atoms with van der Waals surface area (Å²) in [5, 5.41) is 74.8. The Morgan fingerprint density at radius 2 is 1.23 bits per heavy atom. The van der Waals surface area contributed by atoms with E-state index < -0.39 is 193 Å². The second-order valence-electron chi connectivity index (χ2n) is 25.4. The molecule has 105 heavy (non-hydrogen) atoms. The molecule has 0 aliphatic carbocycles. The van der Waals surface area contributed by atoms with Gasteiger partial charge in [-0.2, -0.15) is 0 Å². The molecule has 5 rings (SSSR count). The van der Waals surface area contributed by atoms with Crippen molar-refractivity contribution in [3.63, 3.8) is 0 Å². The molecular formula is C70H91FN14O20. The van der Waals surface area contributed by atoms with Crippen molar-refractivity contribution in [2.24, 2.45) is 11.5 Å². The van der Waals surface area contributed by atoms with Crippen LogP contribution in [0.1, 0.15) is 89.6 Å². The van der Waals surface area contributed by atoms with Crippen molar-refractivity contribution in [3.8, 4) is 22.6 Å². The number of carboxylic acids is 2. The zero-order valence-corrected chi connectivity index (χ0v) is 58.8. The number of aliphatic hydroxyl groups excluding tert-OH is 3. The third-order valence-corrected chi connectivity index (χ3v) is 16.5. The van der Waals surface area contributed by atoms with Gasteiger partial charge in [0.1, 0.15) is 70.7 Å². The minimum absolute atomic E-state index is 0.0161. The minimum atomic E-state index is -2.43. The molecule has 0 saturated heterocycles. The van der Waals surface area contributed by atoms with Gasteiger partial charge in [-0.1, -0.05) is 73.7 Å². The van der Waals surface area contributed by atoms with Gasteiger partial charge in [0.15, 0.2) is 0 Å². The Hall–Kier alpha value is -11.4. The molecule has 1 heterocycles. The van der Waals surface area contributed by atoms with Gasteiger partial charge in [0.2, 0.25) is 65.0 Å². The number of methoxy groups -OCH3 is 1. The van der Waals surface area contributed by atoms with Gasteiger partial charge in [0, 0.05) is 38.3 Å². The maximum absolute atomic E-state index is 15.5.